The number of aryl methyl sites for hydroxylation is 1. The molecule has 0 radical (unpaired) electrons. The molecule has 0 atom stereocenters. The first-order valence-corrected chi connectivity index (χ1v) is 11.7. The molecule has 162 valence electrons. The molecule has 31 heavy (non-hydrogen) atoms. The number of hydrogen-bond acceptors (Lipinski definition) is 6. The van der Waals surface area contributed by atoms with E-state index < -0.39 is 21.9 Å². The van der Waals surface area contributed by atoms with Gasteiger partial charge in [0.25, 0.3) is 15.9 Å². The molecule has 9 heteroatoms. The second-order valence-electron chi connectivity index (χ2n) is 6.63. The Morgan fingerprint density at radius 3 is 2.26 bits per heavy atom. The number of sulfonamides is 1. The molecule has 0 aliphatic carbocycles. The van der Waals surface area contributed by atoms with Gasteiger partial charge in [-0.15, -0.1) is 11.3 Å². The number of nitrogens with one attached hydrogen (secondary N) is 1. The van der Waals surface area contributed by atoms with Gasteiger partial charge in [0, 0.05) is 12.7 Å². The maximum Gasteiger partial charge on any atom is 0.337 e. The second kappa shape index (κ2) is 9.32. The van der Waals surface area contributed by atoms with Crippen molar-refractivity contribution in [3.05, 3.63) is 76.0 Å². The fourth-order valence-corrected chi connectivity index (χ4v) is 5.38. The predicted molar refractivity (Wildman–Crippen MR) is 121 cm³/mol. The van der Waals surface area contributed by atoms with Crippen molar-refractivity contribution in [3.8, 4) is 0 Å². The zero-order chi connectivity index (χ0) is 22.6. The summed E-state index contributed by atoms with van der Waals surface area (Å²) in [6.45, 7) is 2.02. The first-order chi connectivity index (χ1) is 14.8. The lowest BCUT2D eigenvalue weighted by Gasteiger charge is -2.20. The molecule has 0 bridgehead atoms. The summed E-state index contributed by atoms with van der Waals surface area (Å²) in [6, 6.07) is 14.8. The molecule has 3 aromatic rings. The van der Waals surface area contributed by atoms with Gasteiger partial charge >= 0.3 is 5.97 Å². The van der Waals surface area contributed by atoms with E-state index in [9.17, 15) is 18.0 Å². The highest BCUT2D eigenvalue weighted by atomic mass is 32.2. The Kier molecular flexibility index (Phi) is 6.77. The van der Waals surface area contributed by atoms with Crippen LogP contribution in [0.3, 0.4) is 0 Å². The Morgan fingerprint density at radius 1 is 1.03 bits per heavy atom. The Balaban J connectivity index is 1.83. The van der Waals surface area contributed by atoms with Crippen LogP contribution in [0, 0.1) is 0 Å². The third-order valence-corrected chi connectivity index (χ3v) is 7.62. The molecule has 0 spiro atoms. The monoisotopic (exact) mass is 458 g/mol. The van der Waals surface area contributed by atoms with Gasteiger partial charge in [-0.2, -0.15) is 0 Å². The number of nitrogens with zero attached hydrogens (tertiary/aromatic N) is 1. The molecule has 1 N–H and O–H groups in total. The fourth-order valence-electron chi connectivity index (χ4n) is 2.89. The van der Waals surface area contributed by atoms with Gasteiger partial charge in [-0.3, -0.25) is 9.10 Å². The molecular weight excluding hydrogens is 436 g/mol. The van der Waals surface area contributed by atoms with E-state index in [4.69, 9.17) is 0 Å². The van der Waals surface area contributed by atoms with Crippen molar-refractivity contribution in [1.82, 2.24) is 0 Å². The number of carbonyl (C=O) groups is 2. The molecule has 0 unspecified atom stereocenters. The topological polar surface area (TPSA) is 92.8 Å². The number of rotatable bonds is 7. The summed E-state index contributed by atoms with van der Waals surface area (Å²) < 4.78 is 32.2. The van der Waals surface area contributed by atoms with Crippen LogP contribution in [-0.4, -0.2) is 34.5 Å². The van der Waals surface area contributed by atoms with Crippen molar-refractivity contribution in [3.63, 3.8) is 0 Å². The Hall–Kier alpha value is -3.17. The third kappa shape index (κ3) is 4.78. The Morgan fingerprint density at radius 2 is 1.68 bits per heavy atom. The van der Waals surface area contributed by atoms with Crippen LogP contribution in [0.2, 0.25) is 0 Å². The highest BCUT2D eigenvalue weighted by Gasteiger charge is 2.28. The van der Waals surface area contributed by atoms with E-state index in [1.807, 2.05) is 19.1 Å². The molecule has 1 amide bonds. The number of benzene rings is 2. The SMILES string of the molecule is CCc1ccc(N(C)S(=O)(=O)c2ccsc2C(=O)Nc2ccc(C(=O)OC)cc2)cc1. The van der Waals surface area contributed by atoms with Crippen molar-refractivity contribution in [2.75, 3.05) is 23.8 Å². The molecule has 7 nitrogen and oxygen atoms in total. The van der Waals surface area contributed by atoms with Gasteiger partial charge in [0.15, 0.2) is 0 Å². The smallest absolute Gasteiger partial charge is 0.337 e. The number of methoxy groups -OCH3 is 1. The predicted octanol–water partition coefficient (Wildman–Crippen LogP) is 4.17. The van der Waals surface area contributed by atoms with Crippen LogP contribution in [0.4, 0.5) is 11.4 Å². The Labute approximate surface area is 185 Å². The number of thiophene rings is 1. The highest BCUT2D eigenvalue weighted by Crippen LogP contribution is 2.29. The van der Waals surface area contributed by atoms with Gasteiger partial charge in [-0.05, 0) is 59.8 Å². The van der Waals surface area contributed by atoms with Crippen LogP contribution in [0.15, 0.2) is 64.9 Å². The molecular formula is C22H22N2O5S2. The number of anilines is 2. The average molecular weight is 459 g/mol. The molecule has 3 rings (SSSR count). The summed E-state index contributed by atoms with van der Waals surface area (Å²) in [5, 5.41) is 4.24. The van der Waals surface area contributed by atoms with Crippen LogP contribution in [0.25, 0.3) is 0 Å². The summed E-state index contributed by atoms with van der Waals surface area (Å²) in [5.74, 6) is -1.03. The van der Waals surface area contributed by atoms with Gasteiger partial charge in [0.2, 0.25) is 0 Å². The second-order valence-corrected chi connectivity index (χ2v) is 9.48. The highest BCUT2D eigenvalue weighted by molar-refractivity contribution is 7.93. The van der Waals surface area contributed by atoms with E-state index in [0.29, 0.717) is 16.9 Å². The van der Waals surface area contributed by atoms with Crippen molar-refractivity contribution < 1.29 is 22.7 Å². The van der Waals surface area contributed by atoms with Gasteiger partial charge < -0.3 is 10.1 Å². The molecule has 1 heterocycles. The number of ether oxygens (including phenoxy) is 1. The van der Waals surface area contributed by atoms with Crippen LogP contribution < -0.4 is 9.62 Å². The van der Waals surface area contributed by atoms with Crippen LogP contribution in [0.1, 0.15) is 32.5 Å². The summed E-state index contributed by atoms with van der Waals surface area (Å²) in [5.41, 5.74) is 2.38. The standard InChI is InChI=1S/C22H22N2O5S2/c1-4-15-5-11-18(12-6-15)24(2)31(27,28)19-13-14-30-20(19)21(25)23-17-9-7-16(8-10-17)22(26)29-3/h5-14H,4H2,1-3H3,(H,23,25). The van der Waals surface area contributed by atoms with Crippen LogP contribution in [-0.2, 0) is 21.2 Å². The van der Waals surface area contributed by atoms with Gasteiger partial charge in [0.1, 0.15) is 9.77 Å². The van der Waals surface area contributed by atoms with Crippen molar-refractivity contribution in [2.24, 2.45) is 0 Å². The summed E-state index contributed by atoms with van der Waals surface area (Å²) in [7, 11) is -1.19. The summed E-state index contributed by atoms with van der Waals surface area (Å²) in [6.07, 6.45) is 0.853. The first-order valence-electron chi connectivity index (χ1n) is 9.43. The lowest BCUT2D eigenvalue weighted by Crippen LogP contribution is -2.28. The molecule has 1 aromatic heterocycles. The quantitative estimate of drug-likeness (QED) is 0.536. The number of amides is 1. The maximum atomic E-state index is 13.2. The molecule has 0 aliphatic rings. The third-order valence-electron chi connectivity index (χ3n) is 4.75. The number of hydrogen-bond donors (Lipinski definition) is 1. The lowest BCUT2D eigenvalue weighted by molar-refractivity contribution is 0.0600. The van der Waals surface area contributed by atoms with E-state index in [0.717, 1.165) is 27.6 Å². The van der Waals surface area contributed by atoms with Crippen LogP contribution in [0.5, 0.6) is 0 Å². The zero-order valence-electron chi connectivity index (χ0n) is 17.3. The lowest BCUT2D eigenvalue weighted by atomic mass is 10.1. The fraction of sp³-hybridized carbons (Fsp3) is 0.182. The molecule has 0 fully saturated rings. The van der Waals surface area contributed by atoms with Gasteiger partial charge in [-0.1, -0.05) is 19.1 Å². The van der Waals surface area contributed by atoms with Gasteiger partial charge in [0.05, 0.1) is 18.4 Å². The maximum absolute atomic E-state index is 13.2. The molecule has 0 saturated heterocycles. The van der Waals surface area contributed by atoms with Crippen molar-refractivity contribution in [2.45, 2.75) is 18.2 Å². The molecule has 0 aliphatic heterocycles. The largest absolute Gasteiger partial charge is 0.465 e. The zero-order valence-corrected chi connectivity index (χ0v) is 18.9. The minimum atomic E-state index is -3.94. The van der Waals surface area contributed by atoms with Gasteiger partial charge in [-0.25, -0.2) is 13.2 Å². The van der Waals surface area contributed by atoms with E-state index in [2.05, 4.69) is 10.1 Å². The number of carbonyl (C=O) groups excluding carboxylic acids is 2. The normalized spacial score (nSPS) is 11.1. The minimum absolute atomic E-state index is 0.0664. The Bertz CT molecular complexity index is 1180. The average Bonchev–Trinajstić information content (AvgIpc) is 3.30. The minimum Gasteiger partial charge on any atom is -0.465 e. The van der Waals surface area contributed by atoms with Crippen LogP contribution >= 0.6 is 11.3 Å². The van der Waals surface area contributed by atoms with E-state index in [-0.39, 0.29) is 9.77 Å². The number of esters is 1. The van der Waals surface area contributed by atoms with Crippen molar-refractivity contribution >= 4 is 44.6 Å². The first kappa shape index (κ1) is 22.5. The summed E-state index contributed by atoms with van der Waals surface area (Å²) >= 11 is 1.04. The molecule has 0 saturated carbocycles. The van der Waals surface area contributed by atoms with E-state index in [1.54, 1.807) is 29.6 Å². The molecule has 2 aromatic carbocycles. The van der Waals surface area contributed by atoms with Crippen molar-refractivity contribution in [1.29, 1.82) is 0 Å². The van der Waals surface area contributed by atoms with E-state index in [1.165, 1.54) is 32.4 Å². The summed E-state index contributed by atoms with van der Waals surface area (Å²) in [4.78, 5) is 24.3. The van der Waals surface area contributed by atoms with E-state index >= 15 is 0 Å².